The van der Waals surface area contributed by atoms with Crippen LogP contribution in [0, 0.1) is 5.92 Å². The van der Waals surface area contributed by atoms with Gasteiger partial charge in [-0.15, -0.1) is 0 Å². The van der Waals surface area contributed by atoms with Crippen molar-refractivity contribution in [3.05, 3.63) is 24.3 Å². The van der Waals surface area contributed by atoms with Crippen molar-refractivity contribution >= 4 is 11.6 Å². The molecule has 0 aliphatic heterocycles. The van der Waals surface area contributed by atoms with Gasteiger partial charge in [0, 0.05) is 24.3 Å². The highest BCUT2D eigenvalue weighted by Gasteiger charge is 2.27. The normalized spacial score (nSPS) is 22.2. The van der Waals surface area contributed by atoms with E-state index in [1.807, 2.05) is 0 Å². The van der Waals surface area contributed by atoms with Crippen molar-refractivity contribution in [3.63, 3.8) is 0 Å². The first-order chi connectivity index (χ1) is 9.19. The molecule has 2 rings (SSSR count). The number of nitrogens with two attached hydrogens (primary N) is 1. The highest BCUT2D eigenvalue weighted by atomic mass is 16.5. The summed E-state index contributed by atoms with van der Waals surface area (Å²) in [6.45, 7) is 0.113. The molecule has 0 spiro atoms. The first kappa shape index (κ1) is 13.7. The number of amides is 1. The summed E-state index contributed by atoms with van der Waals surface area (Å²) in [5.74, 6) is 0.650. The molecule has 0 bridgehead atoms. The summed E-state index contributed by atoms with van der Waals surface area (Å²) in [5, 5.41) is 12.1. The fraction of sp³-hybridized carbons (Fsp3) is 0.500. The Bertz CT molecular complexity index is 419. The number of hydrogen-bond donors (Lipinski definition) is 3. The predicted octanol–water partition coefficient (Wildman–Crippen LogP) is 0.925. The minimum Gasteiger partial charge on any atom is -0.484 e. The number of carbonyl (C=O) groups is 1. The Morgan fingerprint density at radius 2 is 2.11 bits per heavy atom. The molecule has 4 N–H and O–H groups in total. The minimum atomic E-state index is -0.151. The van der Waals surface area contributed by atoms with Gasteiger partial charge in [-0.2, -0.15) is 0 Å². The number of aliphatic hydroxyl groups excluding tert-OH is 1. The lowest BCUT2D eigenvalue weighted by Gasteiger charge is -2.19. The second kappa shape index (κ2) is 6.43. The molecule has 1 aliphatic rings. The van der Waals surface area contributed by atoms with Gasteiger partial charge in [-0.25, -0.2) is 0 Å². The molecular weight excluding hydrogens is 244 g/mol. The Morgan fingerprint density at radius 3 is 2.79 bits per heavy atom. The molecule has 5 heteroatoms. The maximum atomic E-state index is 11.8. The number of benzene rings is 1. The van der Waals surface area contributed by atoms with Gasteiger partial charge in [0.2, 0.25) is 0 Å². The van der Waals surface area contributed by atoms with Gasteiger partial charge in [0.1, 0.15) is 5.75 Å². The van der Waals surface area contributed by atoms with Crippen molar-refractivity contribution in [2.45, 2.75) is 25.3 Å². The Labute approximate surface area is 112 Å². The summed E-state index contributed by atoms with van der Waals surface area (Å²) in [6, 6.07) is 6.99. The maximum Gasteiger partial charge on any atom is 0.258 e. The zero-order valence-electron chi connectivity index (χ0n) is 10.8. The van der Waals surface area contributed by atoms with Gasteiger partial charge in [-0.1, -0.05) is 6.42 Å². The Morgan fingerprint density at radius 1 is 1.37 bits per heavy atom. The third kappa shape index (κ3) is 3.86. The number of ether oxygens (including phenoxy) is 1. The first-order valence-corrected chi connectivity index (χ1v) is 6.57. The van der Waals surface area contributed by atoms with Crippen LogP contribution in [-0.4, -0.2) is 30.3 Å². The quantitative estimate of drug-likeness (QED) is 0.691. The average Bonchev–Trinajstić information content (AvgIpc) is 2.85. The fourth-order valence-corrected chi connectivity index (χ4v) is 2.41. The van der Waals surface area contributed by atoms with Gasteiger partial charge in [-0.05, 0) is 37.1 Å². The van der Waals surface area contributed by atoms with E-state index in [0.717, 1.165) is 19.3 Å². The number of rotatable bonds is 5. The molecule has 5 nitrogen and oxygen atoms in total. The molecule has 1 saturated carbocycles. The number of nitrogen functional groups attached to an aromatic ring is 1. The standard InChI is InChI=1S/C14H20N2O3/c15-11-4-6-12(7-5-11)19-9-14(18)16-13-3-1-2-10(13)8-17/h4-7,10,13,17H,1-3,8-9,15H2,(H,16,18). The van der Waals surface area contributed by atoms with Gasteiger partial charge < -0.3 is 20.9 Å². The Kier molecular flexibility index (Phi) is 4.63. The molecule has 0 heterocycles. The number of aliphatic hydroxyl groups is 1. The van der Waals surface area contributed by atoms with Gasteiger partial charge in [-0.3, -0.25) is 4.79 Å². The van der Waals surface area contributed by atoms with E-state index in [1.165, 1.54) is 0 Å². The van der Waals surface area contributed by atoms with Crippen LogP contribution in [0.5, 0.6) is 5.75 Å². The number of nitrogens with one attached hydrogen (secondary N) is 1. The second-order valence-electron chi connectivity index (χ2n) is 4.91. The topological polar surface area (TPSA) is 84.6 Å². The third-order valence-corrected chi connectivity index (χ3v) is 3.49. The molecule has 0 aromatic heterocycles. The molecule has 1 aromatic rings. The van der Waals surface area contributed by atoms with Gasteiger partial charge in [0.05, 0.1) is 0 Å². The van der Waals surface area contributed by atoms with Crippen LogP contribution in [0.3, 0.4) is 0 Å². The van der Waals surface area contributed by atoms with Crippen LogP contribution in [0.15, 0.2) is 24.3 Å². The molecular formula is C14H20N2O3. The van der Waals surface area contributed by atoms with Crippen molar-refractivity contribution in [1.82, 2.24) is 5.32 Å². The molecule has 0 radical (unpaired) electrons. The van der Waals surface area contributed by atoms with Crippen LogP contribution in [0.2, 0.25) is 0 Å². The molecule has 2 atom stereocenters. The second-order valence-corrected chi connectivity index (χ2v) is 4.91. The van der Waals surface area contributed by atoms with Crippen molar-refractivity contribution in [3.8, 4) is 5.75 Å². The summed E-state index contributed by atoms with van der Waals surface area (Å²) in [7, 11) is 0. The van der Waals surface area contributed by atoms with Crippen LogP contribution in [0.4, 0.5) is 5.69 Å². The van der Waals surface area contributed by atoms with Crippen molar-refractivity contribution in [2.75, 3.05) is 18.9 Å². The minimum absolute atomic E-state index is 0.0153. The van der Waals surface area contributed by atoms with Crippen molar-refractivity contribution in [2.24, 2.45) is 5.92 Å². The van der Waals surface area contributed by atoms with E-state index in [9.17, 15) is 9.90 Å². The summed E-state index contributed by atoms with van der Waals surface area (Å²) >= 11 is 0. The summed E-state index contributed by atoms with van der Waals surface area (Å²) in [4.78, 5) is 11.8. The van der Waals surface area contributed by atoms with E-state index in [0.29, 0.717) is 11.4 Å². The number of anilines is 1. The first-order valence-electron chi connectivity index (χ1n) is 6.57. The number of carbonyl (C=O) groups excluding carboxylic acids is 1. The molecule has 0 saturated heterocycles. The van der Waals surface area contributed by atoms with Crippen molar-refractivity contribution < 1.29 is 14.6 Å². The average molecular weight is 264 g/mol. The highest BCUT2D eigenvalue weighted by molar-refractivity contribution is 5.77. The van der Waals surface area contributed by atoms with Crippen LogP contribution < -0.4 is 15.8 Å². The van der Waals surface area contributed by atoms with E-state index in [4.69, 9.17) is 10.5 Å². The van der Waals surface area contributed by atoms with Crippen LogP contribution >= 0.6 is 0 Å². The fourth-order valence-electron chi connectivity index (χ4n) is 2.41. The van der Waals surface area contributed by atoms with E-state index >= 15 is 0 Å². The monoisotopic (exact) mass is 264 g/mol. The zero-order valence-corrected chi connectivity index (χ0v) is 10.8. The zero-order chi connectivity index (χ0) is 13.7. The molecule has 104 valence electrons. The lowest BCUT2D eigenvalue weighted by atomic mass is 10.1. The molecule has 1 amide bonds. The maximum absolute atomic E-state index is 11.8. The van der Waals surface area contributed by atoms with E-state index in [1.54, 1.807) is 24.3 Å². The van der Waals surface area contributed by atoms with Crippen molar-refractivity contribution in [1.29, 1.82) is 0 Å². The summed E-state index contributed by atoms with van der Waals surface area (Å²) in [5.41, 5.74) is 6.22. The highest BCUT2D eigenvalue weighted by Crippen LogP contribution is 2.24. The molecule has 2 unspecified atom stereocenters. The summed E-state index contributed by atoms with van der Waals surface area (Å²) in [6.07, 6.45) is 2.95. The predicted molar refractivity (Wildman–Crippen MR) is 72.7 cm³/mol. The molecule has 1 aliphatic carbocycles. The van der Waals surface area contributed by atoms with E-state index in [2.05, 4.69) is 5.32 Å². The SMILES string of the molecule is Nc1ccc(OCC(=O)NC2CCCC2CO)cc1. The van der Waals surface area contributed by atoms with Gasteiger partial charge >= 0.3 is 0 Å². The molecule has 1 fully saturated rings. The smallest absolute Gasteiger partial charge is 0.258 e. The summed E-state index contributed by atoms with van der Waals surface area (Å²) < 4.78 is 5.37. The molecule has 19 heavy (non-hydrogen) atoms. The third-order valence-electron chi connectivity index (χ3n) is 3.49. The lowest BCUT2D eigenvalue weighted by molar-refractivity contribution is -0.124. The lowest BCUT2D eigenvalue weighted by Crippen LogP contribution is -2.40. The van der Waals surface area contributed by atoms with Gasteiger partial charge in [0.15, 0.2) is 6.61 Å². The largest absolute Gasteiger partial charge is 0.484 e. The Balaban J connectivity index is 1.77. The van der Waals surface area contributed by atoms with E-state index < -0.39 is 0 Å². The van der Waals surface area contributed by atoms with Gasteiger partial charge in [0.25, 0.3) is 5.91 Å². The molecule has 1 aromatic carbocycles. The van der Waals surface area contributed by atoms with Crippen LogP contribution in [0.1, 0.15) is 19.3 Å². The van der Waals surface area contributed by atoms with E-state index in [-0.39, 0.29) is 31.1 Å². The van der Waals surface area contributed by atoms with Crippen LogP contribution in [0.25, 0.3) is 0 Å². The van der Waals surface area contributed by atoms with Crippen LogP contribution in [-0.2, 0) is 4.79 Å². The Hall–Kier alpha value is -1.75. The number of hydrogen-bond acceptors (Lipinski definition) is 4.